The Kier molecular flexibility index (Phi) is 11.8. The Morgan fingerprint density at radius 1 is 0.590 bits per heavy atom. The normalized spacial score (nSPS) is 12.8. The minimum Gasteiger partial charge on any atom is -0.401 e. The number of terminal acetylenes is 1. The van der Waals surface area contributed by atoms with E-state index in [1.807, 2.05) is 0 Å². The first-order valence-electron chi connectivity index (χ1n) is 19.2. The maximum absolute atomic E-state index is 12.5. The molecule has 10 rings (SSSR count). The summed E-state index contributed by atoms with van der Waals surface area (Å²) in [6.07, 6.45) is 5.56. The average molecular weight is 829 g/mol. The molecule has 0 saturated carbocycles. The number of rotatable bonds is 5. The molecule has 0 radical (unpaired) electrons. The van der Waals surface area contributed by atoms with Crippen molar-refractivity contribution in [2.24, 2.45) is 0 Å². The first-order chi connectivity index (χ1) is 29.1. The highest BCUT2D eigenvalue weighted by Gasteiger charge is 2.51. The van der Waals surface area contributed by atoms with Gasteiger partial charge in [-0.3, -0.25) is 0 Å². The molecular formula is C51H40BF3N2O3S. The van der Waals surface area contributed by atoms with E-state index >= 15 is 0 Å². The number of pyridine rings is 2. The largest absolute Gasteiger partial charge is 0.534 e. The van der Waals surface area contributed by atoms with Gasteiger partial charge in [-0.25, -0.2) is 4.98 Å². The monoisotopic (exact) mass is 828 g/mol. The van der Waals surface area contributed by atoms with Gasteiger partial charge in [-0.2, -0.15) is 21.6 Å². The van der Waals surface area contributed by atoms with Gasteiger partial charge in [-0.05, 0) is 42.7 Å². The molecule has 3 heterocycles. The topological polar surface area (TPSA) is 60.1 Å². The predicted molar refractivity (Wildman–Crippen MR) is 245 cm³/mol. The van der Waals surface area contributed by atoms with E-state index in [2.05, 4.69) is 172 Å². The molecule has 302 valence electrons. The van der Waals surface area contributed by atoms with Crippen LogP contribution in [0.2, 0.25) is 0 Å². The van der Waals surface area contributed by atoms with E-state index in [1.54, 1.807) is 49.4 Å². The maximum atomic E-state index is 12.5. The lowest BCUT2D eigenvalue weighted by Crippen LogP contribution is -2.78. The zero-order valence-electron chi connectivity index (χ0n) is 32.3. The van der Waals surface area contributed by atoms with Gasteiger partial charge in [0, 0.05) is 33.0 Å². The van der Waals surface area contributed by atoms with Crippen molar-refractivity contribution in [3.05, 3.63) is 199 Å². The Labute approximate surface area is 353 Å². The number of alkyl halides is 3. The van der Waals surface area contributed by atoms with Crippen LogP contribution in [0.4, 0.5) is 13.2 Å². The van der Waals surface area contributed by atoms with Crippen LogP contribution < -0.4 is 19.6 Å². The SMILES string of the molecule is C.C#CC.C1=C(c2ccccc2)[B-](c2ccccc2)(c2ccccc2)[n+]2c1c1ccccc1c1ccccc12.O=S(=O)(Oc1nc2ccccc2c2ccccc12)C(F)(F)F. The number of fused-ring (bicyclic) bond motifs is 9. The lowest BCUT2D eigenvalue weighted by atomic mass is 9.23. The smallest absolute Gasteiger partial charge is 0.401 e. The minimum absolute atomic E-state index is 0. The lowest BCUT2D eigenvalue weighted by molar-refractivity contribution is -0.507. The van der Waals surface area contributed by atoms with Crippen LogP contribution >= 0.6 is 0 Å². The molecule has 10 heteroatoms. The zero-order chi connectivity index (χ0) is 41.9. The van der Waals surface area contributed by atoms with E-state index in [9.17, 15) is 21.6 Å². The maximum Gasteiger partial charge on any atom is 0.534 e. The van der Waals surface area contributed by atoms with Crippen LogP contribution in [0.15, 0.2) is 188 Å². The van der Waals surface area contributed by atoms with Gasteiger partial charge in [0.15, 0.2) is 11.2 Å². The second kappa shape index (κ2) is 17.2. The van der Waals surface area contributed by atoms with Crippen molar-refractivity contribution in [3.8, 4) is 18.2 Å². The Morgan fingerprint density at radius 2 is 1.02 bits per heavy atom. The summed E-state index contributed by atoms with van der Waals surface area (Å²) in [5.41, 5.74) is 2.61. The molecule has 0 aliphatic carbocycles. The summed E-state index contributed by atoms with van der Waals surface area (Å²) >= 11 is 0. The number of hydrogen-bond donors (Lipinski definition) is 0. The Morgan fingerprint density at radius 3 is 1.57 bits per heavy atom. The number of halogens is 3. The zero-order valence-corrected chi connectivity index (χ0v) is 33.1. The van der Waals surface area contributed by atoms with Gasteiger partial charge in [-0.15, -0.1) is 28.7 Å². The molecule has 5 nitrogen and oxygen atoms in total. The van der Waals surface area contributed by atoms with Crippen LogP contribution in [0.3, 0.4) is 0 Å². The third-order valence-electron chi connectivity index (χ3n) is 10.8. The average Bonchev–Trinajstić information content (AvgIpc) is 3.65. The Bertz CT molecular complexity index is 3170. The molecule has 0 N–H and O–H groups in total. The van der Waals surface area contributed by atoms with Crippen LogP contribution in [-0.2, 0) is 10.1 Å². The quantitative estimate of drug-likeness (QED) is 0.0570. The highest BCUT2D eigenvalue weighted by Crippen LogP contribution is 2.38. The molecule has 2 aromatic heterocycles. The van der Waals surface area contributed by atoms with Gasteiger partial charge in [0.25, 0.3) is 0 Å². The molecule has 0 unspecified atom stereocenters. The highest BCUT2D eigenvalue weighted by atomic mass is 32.2. The summed E-state index contributed by atoms with van der Waals surface area (Å²) in [5, 5.41) is 5.30. The molecule has 9 aromatic rings. The molecule has 61 heavy (non-hydrogen) atoms. The van der Waals surface area contributed by atoms with Gasteiger partial charge >= 0.3 is 21.9 Å². The van der Waals surface area contributed by atoms with E-state index in [0.717, 1.165) is 0 Å². The number of para-hydroxylation sites is 2. The second-order valence-corrected chi connectivity index (χ2v) is 15.7. The molecular weight excluding hydrogens is 788 g/mol. The first-order valence-corrected chi connectivity index (χ1v) is 20.6. The molecule has 0 bridgehead atoms. The van der Waals surface area contributed by atoms with E-state index in [4.69, 9.17) is 0 Å². The van der Waals surface area contributed by atoms with Crippen molar-refractivity contribution < 1.29 is 30.3 Å². The van der Waals surface area contributed by atoms with Crippen molar-refractivity contribution >= 4 is 82.2 Å². The van der Waals surface area contributed by atoms with Gasteiger partial charge in [0.2, 0.25) is 5.88 Å². The Hall–Kier alpha value is -7.22. The van der Waals surface area contributed by atoms with Crippen LogP contribution in [0.1, 0.15) is 25.6 Å². The van der Waals surface area contributed by atoms with Crippen molar-refractivity contribution in [2.75, 3.05) is 0 Å². The lowest BCUT2D eigenvalue weighted by Gasteiger charge is -2.36. The molecule has 1 aliphatic heterocycles. The van der Waals surface area contributed by atoms with Crippen LogP contribution in [0, 0.1) is 12.3 Å². The fourth-order valence-electron chi connectivity index (χ4n) is 8.44. The van der Waals surface area contributed by atoms with Crippen molar-refractivity contribution in [1.82, 2.24) is 4.98 Å². The molecule has 0 amide bonds. The number of benzene rings is 7. The van der Waals surface area contributed by atoms with Gasteiger partial charge in [-0.1, -0.05) is 171 Å². The molecule has 1 aliphatic rings. The number of aromatic nitrogens is 2. The molecule has 0 spiro atoms. The predicted octanol–water partition coefficient (Wildman–Crippen LogP) is 10.9. The molecule has 0 fully saturated rings. The summed E-state index contributed by atoms with van der Waals surface area (Å²) in [7, 11) is -5.77. The number of nitrogens with zero attached hydrogens (tertiary/aromatic N) is 2. The van der Waals surface area contributed by atoms with Crippen LogP contribution in [0.25, 0.3) is 54.9 Å². The van der Waals surface area contributed by atoms with Crippen molar-refractivity contribution in [1.29, 1.82) is 0 Å². The third kappa shape index (κ3) is 7.49. The minimum atomic E-state index is -5.77. The van der Waals surface area contributed by atoms with Crippen LogP contribution in [-0.4, -0.2) is 25.2 Å². The first kappa shape index (κ1) is 41.9. The van der Waals surface area contributed by atoms with Gasteiger partial charge in [0.1, 0.15) is 0 Å². The highest BCUT2D eigenvalue weighted by molar-refractivity contribution is 7.88. The summed E-state index contributed by atoms with van der Waals surface area (Å²) in [5.74, 6) is 1.66. The second-order valence-electron chi connectivity index (χ2n) is 14.2. The van der Waals surface area contributed by atoms with E-state index in [1.165, 1.54) is 55.4 Å². The van der Waals surface area contributed by atoms with Crippen molar-refractivity contribution in [3.63, 3.8) is 0 Å². The Balaban J connectivity index is 0.000000186. The standard InChI is InChI=1S/C33H24BN.C14H8F3NO3S.C3H4.CH4/c1-4-14-25(15-5-1)31-24-33-30-22-11-10-20-28(30)29-21-12-13-23-32(29)35(33)34(31,26-16-6-2-7-17-26)27-18-8-3-9-19-27;15-14(16,17)22(19,20)21-13-11-7-2-1-5-9(11)10-6-3-4-8-12(10)18-13;1-3-2;/h1-24H;1-8H;1H,2H3;1H4. The van der Waals surface area contributed by atoms with Crippen LogP contribution in [0.5, 0.6) is 5.88 Å². The fourth-order valence-corrected chi connectivity index (χ4v) is 8.87. The number of hydrogen-bond acceptors (Lipinski definition) is 4. The molecule has 0 atom stereocenters. The third-order valence-corrected chi connectivity index (χ3v) is 11.7. The van der Waals surface area contributed by atoms with E-state index in [-0.39, 0.29) is 12.8 Å². The summed E-state index contributed by atoms with van der Waals surface area (Å²) in [6, 6.07) is 63.8. The fraction of sp³-hybridized carbons (Fsp3) is 0.0588. The van der Waals surface area contributed by atoms with Crippen molar-refractivity contribution in [2.45, 2.75) is 19.9 Å². The van der Waals surface area contributed by atoms with E-state index in [0.29, 0.717) is 16.3 Å². The summed E-state index contributed by atoms with van der Waals surface area (Å²) < 4.78 is 66.8. The van der Waals surface area contributed by atoms with Gasteiger partial charge < -0.3 is 8.66 Å². The summed E-state index contributed by atoms with van der Waals surface area (Å²) in [4.78, 5) is 3.90. The molecule has 0 saturated heterocycles. The summed E-state index contributed by atoms with van der Waals surface area (Å²) in [6.45, 7) is 1.65. The van der Waals surface area contributed by atoms with Gasteiger partial charge in [0.05, 0.1) is 5.52 Å². The molecule has 7 aromatic carbocycles. The van der Waals surface area contributed by atoms with E-state index < -0.39 is 27.8 Å².